The first kappa shape index (κ1) is 31.4. The van der Waals surface area contributed by atoms with Gasteiger partial charge in [0.25, 0.3) is 0 Å². The van der Waals surface area contributed by atoms with Crippen molar-refractivity contribution < 1.29 is 0 Å². The summed E-state index contributed by atoms with van der Waals surface area (Å²) in [6.07, 6.45) is 0. The Labute approximate surface area is 277 Å². The van der Waals surface area contributed by atoms with Crippen molar-refractivity contribution in [3.05, 3.63) is 193 Å². The number of nitrogens with two attached hydrogens (primary N) is 2. The predicted molar refractivity (Wildman–Crippen MR) is 203 cm³/mol. The highest BCUT2D eigenvalue weighted by atomic mass is 14.5. The average Bonchev–Trinajstić information content (AvgIpc) is 3.15. The molecule has 8 aromatic carbocycles. The molecule has 0 saturated heterocycles. The van der Waals surface area contributed by atoms with Gasteiger partial charge < -0.3 is 11.5 Å². The summed E-state index contributed by atoms with van der Waals surface area (Å²) < 4.78 is 0. The summed E-state index contributed by atoms with van der Waals surface area (Å²) in [5, 5.41) is 7.73. The van der Waals surface area contributed by atoms with Gasteiger partial charge in [-0.05, 0) is 78.7 Å². The minimum atomic E-state index is 0.640. The molecule has 0 radical (unpaired) electrons. The van der Waals surface area contributed by atoms with E-state index < -0.39 is 0 Å². The van der Waals surface area contributed by atoms with Crippen LogP contribution in [-0.4, -0.2) is 0 Å². The van der Waals surface area contributed by atoms with E-state index in [-0.39, 0.29) is 0 Å². The van der Waals surface area contributed by atoms with Crippen molar-refractivity contribution in [2.75, 3.05) is 0 Å². The van der Waals surface area contributed by atoms with Gasteiger partial charge in [0.15, 0.2) is 0 Å². The van der Waals surface area contributed by atoms with Crippen molar-refractivity contribution >= 4 is 32.3 Å². The molecule has 0 fully saturated rings. The predicted octanol–water partition coefficient (Wildman–Crippen LogP) is 11.1. The molecule has 0 bridgehead atoms. The second-order valence-electron chi connectivity index (χ2n) is 11.7. The molecule has 0 spiro atoms. The van der Waals surface area contributed by atoms with E-state index in [4.69, 9.17) is 11.5 Å². The zero-order valence-corrected chi connectivity index (χ0v) is 26.8. The number of hydrogen-bond donors (Lipinski definition) is 2. The molecule has 0 saturated carbocycles. The van der Waals surface area contributed by atoms with Crippen molar-refractivity contribution in [2.45, 2.75) is 20.0 Å². The summed E-state index contributed by atoms with van der Waals surface area (Å²) in [4.78, 5) is 0. The molecule has 0 amide bonds. The third-order valence-electron chi connectivity index (χ3n) is 8.48. The summed E-state index contributed by atoms with van der Waals surface area (Å²) in [7, 11) is 0. The molecule has 8 aromatic rings. The molecule has 47 heavy (non-hydrogen) atoms. The Morgan fingerprint density at radius 1 is 0.383 bits per heavy atom. The van der Waals surface area contributed by atoms with E-state index in [2.05, 4.69) is 122 Å². The van der Waals surface area contributed by atoms with E-state index in [1.807, 2.05) is 60.7 Å². The molecule has 0 aliphatic heterocycles. The Hall–Kier alpha value is -5.54. The third-order valence-corrected chi connectivity index (χ3v) is 8.48. The van der Waals surface area contributed by atoms with Gasteiger partial charge in [-0.3, -0.25) is 0 Å². The maximum absolute atomic E-state index is 5.35. The molecular formula is C45H40N2. The molecule has 8 rings (SSSR count). The van der Waals surface area contributed by atoms with Crippen LogP contribution >= 0.6 is 0 Å². The van der Waals surface area contributed by atoms with Crippen molar-refractivity contribution in [1.29, 1.82) is 0 Å². The molecule has 0 heterocycles. The van der Waals surface area contributed by atoms with Crippen molar-refractivity contribution in [2.24, 2.45) is 11.5 Å². The fourth-order valence-corrected chi connectivity index (χ4v) is 5.94. The first-order chi connectivity index (χ1) is 23.1. The summed E-state index contributed by atoms with van der Waals surface area (Å²) in [6, 6.07) is 62.1. The van der Waals surface area contributed by atoms with Gasteiger partial charge in [0.2, 0.25) is 0 Å². The van der Waals surface area contributed by atoms with E-state index in [1.165, 1.54) is 71.3 Å². The normalized spacial score (nSPS) is 10.6. The lowest BCUT2D eigenvalue weighted by molar-refractivity contribution is 1.07. The maximum Gasteiger partial charge on any atom is 0.0178 e. The molecule has 2 nitrogen and oxygen atoms in total. The lowest BCUT2D eigenvalue weighted by Crippen LogP contribution is -1.94. The van der Waals surface area contributed by atoms with Crippen LogP contribution in [0.25, 0.3) is 54.6 Å². The van der Waals surface area contributed by atoms with Crippen LogP contribution < -0.4 is 11.5 Å². The molecule has 230 valence electrons. The Balaban J connectivity index is 0.000000198. The molecule has 2 heteroatoms. The largest absolute Gasteiger partial charge is 0.326 e. The third kappa shape index (κ3) is 7.48. The number of fused-ring (bicyclic) bond motifs is 4. The summed E-state index contributed by atoms with van der Waals surface area (Å²) in [6.45, 7) is 3.42. The molecule has 0 atom stereocenters. The van der Waals surface area contributed by atoms with E-state index >= 15 is 0 Å². The Morgan fingerprint density at radius 3 is 1.40 bits per heavy atom. The molecular weight excluding hydrogens is 569 g/mol. The summed E-state index contributed by atoms with van der Waals surface area (Å²) >= 11 is 0. The van der Waals surface area contributed by atoms with E-state index in [0.717, 1.165) is 0 Å². The average molecular weight is 609 g/mol. The number of benzene rings is 8. The minimum Gasteiger partial charge on any atom is -0.326 e. The van der Waals surface area contributed by atoms with E-state index in [1.54, 1.807) is 0 Å². The highest BCUT2D eigenvalue weighted by Crippen LogP contribution is 2.40. The van der Waals surface area contributed by atoms with Gasteiger partial charge in [-0.2, -0.15) is 0 Å². The van der Waals surface area contributed by atoms with Crippen molar-refractivity contribution in [3.63, 3.8) is 0 Å². The standard InChI is InChI=1S/C31H22.2C7H9N/c1-21-10-12-25(13-11-21)31-28-9-5-3-7-23(28)18-19-29(31)26-17-16-24-15-14-22-6-2-4-8-27(22)30(24)20-26;2*8-6-7-4-2-1-3-5-7/h2-20H,1H3;2*1-5H,6,8H2. The zero-order chi connectivity index (χ0) is 32.4. The number of rotatable bonds is 4. The van der Waals surface area contributed by atoms with Gasteiger partial charge in [0.05, 0.1) is 0 Å². The monoisotopic (exact) mass is 608 g/mol. The quantitative estimate of drug-likeness (QED) is 0.195. The highest BCUT2D eigenvalue weighted by Gasteiger charge is 2.13. The first-order valence-electron chi connectivity index (χ1n) is 16.1. The lowest BCUT2D eigenvalue weighted by Gasteiger charge is -2.15. The van der Waals surface area contributed by atoms with Crippen LogP contribution in [0.2, 0.25) is 0 Å². The SMILES string of the molecule is Cc1ccc(-c2c(-c3ccc4ccc5ccccc5c4c3)ccc3ccccc23)cc1.NCc1ccccc1.NCc1ccccc1. The van der Waals surface area contributed by atoms with E-state index in [9.17, 15) is 0 Å². The van der Waals surface area contributed by atoms with Crippen LogP contribution in [0.4, 0.5) is 0 Å². The van der Waals surface area contributed by atoms with Crippen LogP contribution in [0.15, 0.2) is 176 Å². The molecule has 0 aromatic heterocycles. The van der Waals surface area contributed by atoms with E-state index in [0.29, 0.717) is 13.1 Å². The number of hydrogen-bond acceptors (Lipinski definition) is 2. The molecule has 0 aliphatic carbocycles. The van der Waals surface area contributed by atoms with Crippen molar-refractivity contribution in [3.8, 4) is 22.3 Å². The van der Waals surface area contributed by atoms with Crippen LogP contribution in [0.1, 0.15) is 16.7 Å². The van der Waals surface area contributed by atoms with Crippen LogP contribution in [-0.2, 0) is 13.1 Å². The van der Waals surface area contributed by atoms with Crippen molar-refractivity contribution in [1.82, 2.24) is 0 Å². The van der Waals surface area contributed by atoms with Gasteiger partial charge in [-0.25, -0.2) is 0 Å². The topological polar surface area (TPSA) is 52.0 Å². The minimum absolute atomic E-state index is 0.640. The van der Waals surface area contributed by atoms with Crippen LogP contribution in [0.5, 0.6) is 0 Å². The fourth-order valence-electron chi connectivity index (χ4n) is 5.94. The van der Waals surface area contributed by atoms with Gasteiger partial charge >= 0.3 is 0 Å². The molecule has 0 aliphatic rings. The van der Waals surface area contributed by atoms with Gasteiger partial charge in [-0.1, -0.05) is 175 Å². The fraction of sp³-hybridized carbons (Fsp3) is 0.0667. The number of aryl methyl sites for hydroxylation is 1. The lowest BCUT2D eigenvalue weighted by atomic mass is 9.88. The Morgan fingerprint density at radius 2 is 0.830 bits per heavy atom. The zero-order valence-electron chi connectivity index (χ0n) is 26.8. The summed E-state index contributed by atoms with van der Waals surface area (Å²) in [5.74, 6) is 0. The van der Waals surface area contributed by atoms with Crippen LogP contribution in [0.3, 0.4) is 0 Å². The van der Waals surface area contributed by atoms with Gasteiger partial charge in [0.1, 0.15) is 0 Å². The van der Waals surface area contributed by atoms with Crippen LogP contribution in [0, 0.1) is 6.92 Å². The first-order valence-corrected chi connectivity index (χ1v) is 16.1. The Bertz CT molecular complexity index is 2160. The Kier molecular flexibility index (Phi) is 10.1. The van der Waals surface area contributed by atoms with Gasteiger partial charge in [0, 0.05) is 13.1 Å². The smallest absolute Gasteiger partial charge is 0.0178 e. The van der Waals surface area contributed by atoms with Gasteiger partial charge in [-0.15, -0.1) is 0 Å². The highest BCUT2D eigenvalue weighted by molar-refractivity contribution is 6.10. The molecule has 0 unspecified atom stereocenters. The summed E-state index contributed by atoms with van der Waals surface area (Å²) in [5.41, 5.74) is 19.4. The maximum atomic E-state index is 5.35. The second kappa shape index (κ2) is 15.2. The molecule has 4 N–H and O–H groups in total. The second-order valence-corrected chi connectivity index (χ2v) is 11.7.